The van der Waals surface area contributed by atoms with E-state index in [1.54, 1.807) is 6.07 Å². The van der Waals surface area contributed by atoms with Crippen molar-refractivity contribution in [1.29, 1.82) is 0 Å². The number of hydrogen-bond donors (Lipinski definition) is 3. The molecule has 0 aliphatic heterocycles. The molecule has 1 aromatic carbocycles. The van der Waals surface area contributed by atoms with Crippen LogP contribution in [0, 0.1) is 5.82 Å². The normalized spacial score (nSPS) is 11.7. The summed E-state index contributed by atoms with van der Waals surface area (Å²) in [5.74, 6) is -1.94. The maximum absolute atomic E-state index is 12.7. The number of carbonyl (C=O) groups excluding carboxylic acids is 2. The maximum Gasteiger partial charge on any atom is 0.309 e. The Kier molecular flexibility index (Phi) is 5.87. The molecule has 2 rings (SSSR count). The van der Waals surface area contributed by atoms with E-state index in [4.69, 9.17) is 4.42 Å². The lowest BCUT2D eigenvalue weighted by molar-refractivity contribution is -0.139. The number of benzene rings is 1. The van der Waals surface area contributed by atoms with Gasteiger partial charge in [-0.2, -0.15) is 0 Å². The zero-order chi connectivity index (χ0) is 16.7. The summed E-state index contributed by atoms with van der Waals surface area (Å²) in [5.41, 5.74) is 1.29. The van der Waals surface area contributed by atoms with E-state index in [0.717, 1.165) is 0 Å². The molecule has 0 aliphatic rings. The van der Waals surface area contributed by atoms with E-state index in [1.807, 2.05) is 0 Å². The van der Waals surface area contributed by atoms with E-state index >= 15 is 0 Å². The van der Waals surface area contributed by atoms with Gasteiger partial charge in [0.2, 0.25) is 0 Å². The van der Waals surface area contributed by atoms with Crippen LogP contribution in [0.25, 0.3) is 0 Å². The summed E-state index contributed by atoms with van der Waals surface area (Å²) >= 11 is 0. The van der Waals surface area contributed by atoms with Crippen LogP contribution in [0.5, 0.6) is 0 Å². The van der Waals surface area contributed by atoms with Crippen molar-refractivity contribution >= 4 is 11.8 Å². The lowest BCUT2D eigenvalue weighted by Gasteiger charge is -2.09. The summed E-state index contributed by atoms with van der Waals surface area (Å²) in [6.45, 7) is 0.277. The van der Waals surface area contributed by atoms with Gasteiger partial charge in [-0.05, 0) is 30.2 Å². The van der Waals surface area contributed by atoms with Gasteiger partial charge in [0.25, 0.3) is 0 Å². The Labute approximate surface area is 132 Å². The second-order valence-corrected chi connectivity index (χ2v) is 4.93. The smallest absolute Gasteiger partial charge is 0.309 e. The highest BCUT2D eigenvalue weighted by molar-refractivity contribution is 6.35. The Morgan fingerprint density at radius 3 is 2.48 bits per heavy atom. The number of nitrogens with one attached hydrogen (secondary N) is 2. The van der Waals surface area contributed by atoms with Crippen LogP contribution in [0.1, 0.15) is 23.7 Å². The minimum absolute atomic E-state index is 0.129. The van der Waals surface area contributed by atoms with Crippen molar-refractivity contribution in [2.45, 2.75) is 19.1 Å². The van der Waals surface area contributed by atoms with Gasteiger partial charge < -0.3 is 20.2 Å². The highest BCUT2D eigenvalue weighted by Crippen LogP contribution is 2.15. The SMILES string of the molecule is O=C(NCCC(O)c1ccoc1)C(=O)NCc1ccc(F)cc1. The summed E-state index contributed by atoms with van der Waals surface area (Å²) in [6.07, 6.45) is 2.36. The first-order chi connectivity index (χ1) is 11.1. The van der Waals surface area contributed by atoms with E-state index in [0.29, 0.717) is 11.1 Å². The van der Waals surface area contributed by atoms with Crippen LogP contribution in [0.2, 0.25) is 0 Å². The summed E-state index contributed by atoms with van der Waals surface area (Å²) in [5, 5.41) is 14.6. The van der Waals surface area contributed by atoms with Crippen molar-refractivity contribution in [2.75, 3.05) is 6.54 Å². The minimum Gasteiger partial charge on any atom is -0.472 e. The van der Waals surface area contributed by atoms with Crippen LogP contribution in [0.15, 0.2) is 47.3 Å². The Hall–Kier alpha value is -2.67. The highest BCUT2D eigenvalue weighted by Gasteiger charge is 2.14. The molecule has 0 aliphatic carbocycles. The molecule has 3 N–H and O–H groups in total. The van der Waals surface area contributed by atoms with Crippen molar-refractivity contribution in [3.05, 3.63) is 59.8 Å². The number of hydrogen-bond acceptors (Lipinski definition) is 4. The van der Waals surface area contributed by atoms with Crippen LogP contribution in [-0.4, -0.2) is 23.5 Å². The fraction of sp³-hybridized carbons (Fsp3) is 0.250. The third-order valence-corrected chi connectivity index (χ3v) is 3.20. The fourth-order valence-electron chi connectivity index (χ4n) is 1.90. The number of furan rings is 1. The average molecular weight is 320 g/mol. The second-order valence-electron chi connectivity index (χ2n) is 4.93. The standard InChI is InChI=1S/C16H17FN2O4/c17-13-3-1-11(2-4-13)9-19-16(22)15(21)18-7-5-14(20)12-6-8-23-10-12/h1-4,6,8,10,14,20H,5,7,9H2,(H,18,21)(H,19,22). The zero-order valence-corrected chi connectivity index (χ0v) is 12.3. The van der Waals surface area contributed by atoms with Gasteiger partial charge in [0.1, 0.15) is 5.82 Å². The second kappa shape index (κ2) is 8.09. The van der Waals surface area contributed by atoms with Gasteiger partial charge in [-0.3, -0.25) is 9.59 Å². The largest absolute Gasteiger partial charge is 0.472 e. The zero-order valence-electron chi connectivity index (χ0n) is 12.3. The molecule has 2 aromatic rings. The molecule has 1 aromatic heterocycles. The van der Waals surface area contributed by atoms with Crippen LogP contribution in [-0.2, 0) is 16.1 Å². The Morgan fingerprint density at radius 1 is 1.13 bits per heavy atom. The van der Waals surface area contributed by atoms with Crippen molar-refractivity contribution < 1.29 is 23.5 Å². The first-order valence-electron chi connectivity index (χ1n) is 7.07. The maximum atomic E-state index is 12.7. The molecular weight excluding hydrogens is 303 g/mol. The van der Waals surface area contributed by atoms with Crippen LogP contribution >= 0.6 is 0 Å². The lowest BCUT2D eigenvalue weighted by Crippen LogP contribution is -2.40. The third kappa shape index (κ3) is 5.23. The van der Waals surface area contributed by atoms with E-state index in [9.17, 15) is 19.1 Å². The molecule has 1 heterocycles. The van der Waals surface area contributed by atoms with Crippen LogP contribution in [0.3, 0.4) is 0 Å². The van der Waals surface area contributed by atoms with Gasteiger partial charge in [0.05, 0.1) is 18.6 Å². The highest BCUT2D eigenvalue weighted by atomic mass is 19.1. The Morgan fingerprint density at radius 2 is 1.83 bits per heavy atom. The first-order valence-corrected chi connectivity index (χ1v) is 7.07. The van der Waals surface area contributed by atoms with Gasteiger partial charge in [-0.25, -0.2) is 4.39 Å². The average Bonchev–Trinajstić information content (AvgIpc) is 3.08. The molecule has 2 amide bonds. The molecule has 7 heteroatoms. The molecule has 0 radical (unpaired) electrons. The quantitative estimate of drug-likeness (QED) is 0.699. The molecule has 0 bridgehead atoms. The van der Waals surface area contributed by atoms with E-state index < -0.39 is 17.9 Å². The number of halogens is 1. The fourth-order valence-corrected chi connectivity index (χ4v) is 1.90. The monoisotopic (exact) mass is 320 g/mol. The summed E-state index contributed by atoms with van der Waals surface area (Å²) in [4.78, 5) is 23.2. The molecule has 1 atom stereocenters. The van der Waals surface area contributed by atoms with Crippen LogP contribution < -0.4 is 10.6 Å². The van der Waals surface area contributed by atoms with Gasteiger partial charge >= 0.3 is 11.8 Å². The molecule has 0 saturated carbocycles. The van der Waals surface area contributed by atoms with Gasteiger partial charge in [0.15, 0.2) is 0 Å². The van der Waals surface area contributed by atoms with E-state index in [2.05, 4.69) is 10.6 Å². The van der Waals surface area contributed by atoms with Gasteiger partial charge in [0, 0.05) is 18.7 Å². The number of aliphatic hydroxyl groups excluding tert-OH is 1. The predicted octanol–water partition coefficient (Wildman–Crippen LogP) is 1.27. The first kappa shape index (κ1) is 16.7. The van der Waals surface area contributed by atoms with Crippen molar-refractivity contribution in [2.24, 2.45) is 0 Å². The minimum atomic E-state index is -0.786. The predicted molar refractivity (Wildman–Crippen MR) is 79.5 cm³/mol. The molecule has 6 nitrogen and oxygen atoms in total. The van der Waals surface area contributed by atoms with Crippen molar-refractivity contribution in [3.8, 4) is 0 Å². The number of rotatable bonds is 6. The Bertz CT molecular complexity index is 641. The third-order valence-electron chi connectivity index (χ3n) is 3.20. The summed E-state index contributed by atoms with van der Waals surface area (Å²) in [7, 11) is 0. The topological polar surface area (TPSA) is 91.6 Å². The number of amides is 2. The number of aliphatic hydroxyl groups is 1. The summed E-state index contributed by atoms with van der Waals surface area (Å²) in [6, 6.07) is 7.23. The molecule has 23 heavy (non-hydrogen) atoms. The molecule has 0 saturated heterocycles. The molecular formula is C16H17FN2O4. The Balaban J connectivity index is 1.68. The molecule has 0 spiro atoms. The molecule has 1 unspecified atom stereocenters. The molecule has 0 fully saturated rings. The van der Waals surface area contributed by atoms with Crippen LogP contribution in [0.4, 0.5) is 4.39 Å². The van der Waals surface area contributed by atoms with E-state index in [1.165, 1.54) is 36.8 Å². The van der Waals surface area contributed by atoms with Crippen molar-refractivity contribution in [1.82, 2.24) is 10.6 Å². The molecule has 122 valence electrons. The van der Waals surface area contributed by atoms with Crippen molar-refractivity contribution in [3.63, 3.8) is 0 Å². The van der Waals surface area contributed by atoms with E-state index in [-0.39, 0.29) is 25.3 Å². The summed E-state index contributed by atoms with van der Waals surface area (Å²) < 4.78 is 17.6. The number of carbonyl (C=O) groups is 2. The lowest BCUT2D eigenvalue weighted by atomic mass is 10.1. The van der Waals surface area contributed by atoms with Gasteiger partial charge in [-0.15, -0.1) is 0 Å². The van der Waals surface area contributed by atoms with Gasteiger partial charge in [-0.1, -0.05) is 12.1 Å².